The number of nitrogens with zero attached hydrogens (tertiary/aromatic N) is 2. The number of nitrogens with one attached hydrogen (secondary N) is 2. The smallest absolute Gasteiger partial charge is 0.147 e. The molecule has 0 saturated heterocycles. The molecule has 4 nitrogen and oxygen atoms in total. The predicted molar refractivity (Wildman–Crippen MR) is 72.6 cm³/mol. The Hall–Kier alpha value is -1.62. The first-order chi connectivity index (χ1) is 8.29. The van der Waals surface area contributed by atoms with E-state index in [2.05, 4.69) is 45.0 Å². The van der Waals surface area contributed by atoms with E-state index in [0.717, 1.165) is 18.2 Å². The molecule has 0 bridgehead atoms. The number of thiophene rings is 1. The fourth-order valence-electron chi connectivity index (χ4n) is 1.53. The Morgan fingerprint density at radius 3 is 2.88 bits per heavy atom. The molecule has 1 unspecified atom stereocenters. The van der Waals surface area contributed by atoms with Gasteiger partial charge in [0.25, 0.3) is 0 Å². The summed E-state index contributed by atoms with van der Waals surface area (Å²) in [6.45, 7) is 5.00. The number of rotatable bonds is 5. The van der Waals surface area contributed by atoms with Crippen LogP contribution in [-0.2, 0) is 0 Å². The third-order valence-corrected chi connectivity index (χ3v) is 3.38. The van der Waals surface area contributed by atoms with E-state index in [-0.39, 0.29) is 6.04 Å². The SMILES string of the molecule is CCNc1cncc(NC(C)c2cccs2)n1. The molecule has 0 amide bonds. The lowest BCUT2D eigenvalue weighted by molar-refractivity contribution is 0.892. The summed E-state index contributed by atoms with van der Waals surface area (Å²) in [7, 11) is 0. The van der Waals surface area contributed by atoms with Crippen molar-refractivity contribution < 1.29 is 0 Å². The van der Waals surface area contributed by atoms with Crippen LogP contribution < -0.4 is 10.6 Å². The highest BCUT2D eigenvalue weighted by molar-refractivity contribution is 7.10. The van der Waals surface area contributed by atoms with Crippen molar-refractivity contribution in [2.24, 2.45) is 0 Å². The molecule has 0 aliphatic rings. The fraction of sp³-hybridized carbons (Fsp3) is 0.333. The molecule has 0 radical (unpaired) electrons. The van der Waals surface area contributed by atoms with Gasteiger partial charge in [-0.2, -0.15) is 0 Å². The monoisotopic (exact) mass is 248 g/mol. The predicted octanol–water partition coefficient (Wildman–Crippen LogP) is 3.14. The maximum absolute atomic E-state index is 4.43. The van der Waals surface area contributed by atoms with Gasteiger partial charge in [-0.1, -0.05) is 6.07 Å². The third-order valence-electron chi connectivity index (χ3n) is 2.33. The van der Waals surface area contributed by atoms with Crippen molar-refractivity contribution in [2.45, 2.75) is 19.9 Å². The summed E-state index contributed by atoms with van der Waals surface area (Å²) in [5.74, 6) is 1.60. The van der Waals surface area contributed by atoms with Gasteiger partial charge in [-0.25, -0.2) is 4.98 Å². The molecule has 0 saturated carbocycles. The lowest BCUT2D eigenvalue weighted by atomic mass is 10.3. The first-order valence-electron chi connectivity index (χ1n) is 5.65. The van der Waals surface area contributed by atoms with Gasteiger partial charge in [0.05, 0.1) is 18.4 Å². The van der Waals surface area contributed by atoms with Gasteiger partial charge in [-0.05, 0) is 25.3 Å². The van der Waals surface area contributed by atoms with Gasteiger partial charge in [0.1, 0.15) is 11.6 Å². The molecule has 2 N–H and O–H groups in total. The molecule has 5 heteroatoms. The van der Waals surface area contributed by atoms with E-state index in [1.807, 2.05) is 6.92 Å². The summed E-state index contributed by atoms with van der Waals surface area (Å²) in [6, 6.07) is 4.42. The molecule has 2 rings (SSSR count). The molecular formula is C12H16N4S. The lowest BCUT2D eigenvalue weighted by Crippen LogP contribution is -2.08. The van der Waals surface area contributed by atoms with Gasteiger partial charge in [0, 0.05) is 11.4 Å². The summed E-state index contributed by atoms with van der Waals surface area (Å²) < 4.78 is 0. The highest BCUT2D eigenvalue weighted by atomic mass is 32.1. The quantitative estimate of drug-likeness (QED) is 0.853. The van der Waals surface area contributed by atoms with Crippen molar-refractivity contribution >= 4 is 23.0 Å². The molecule has 2 aromatic rings. The highest BCUT2D eigenvalue weighted by Gasteiger charge is 2.07. The summed E-state index contributed by atoms with van der Waals surface area (Å²) >= 11 is 1.74. The molecule has 0 aromatic carbocycles. The van der Waals surface area contributed by atoms with Crippen molar-refractivity contribution in [1.29, 1.82) is 0 Å². The highest BCUT2D eigenvalue weighted by Crippen LogP contribution is 2.22. The fourth-order valence-corrected chi connectivity index (χ4v) is 2.27. The number of anilines is 2. The van der Waals surface area contributed by atoms with Crippen molar-refractivity contribution in [3.8, 4) is 0 Å². The van der Waals surface area contributed by atoms with Crippen LogP contribution in [-0.4, -0.2) is 16.5 Å². The second-order valence-corrected chi connectivity index (χ2v) is 4.68. The van der Waals surface area contributed by atoms with Crippen LogP contribution in [0.2, 0.25) is 0 Å². The zero-order chi connectivity index (χ0) is 12.1. The Labute approximate surface area is 105 Å². The molecule has 17 heavy (non-hydrogen) atoms. The van der Waals surface area contributed by atoms with Gasteiger partial charge in [-0.15, -0.1) is 11.3 Å². The minimum absolute atomic E-state index is 0.251. The van der Waals surface area contributed by atoms with E-state index >= 15 is 0 Å². The zero-order valence-corrected chi connectivity index (χ0v) is 10.8. The van der Waals surface area contributed by atoms with Gasteiger partial charge in [0.15, 0.2) is 0 Å². The lowest BCUT2D eigenvalue weighted by Gasteiger charge is -2.13. The van der Waals surface area contributed by atoms with E-state index in [9.17, 15) is 0 Å². The molecule has 0 fully saturated rings. The molecule has 2 aromatic heterocycles. The van der Waals surface area contributed by atoms with E-state index in [0.29, 0.717) is 0 Å². The van der Waals surface area contributed by atoms with Crippen LogP contribution in [0.5, 0.6) is 0 Å². The Balaban J connectivity index is 2.05. The first kappa shape index (κ1) is 11.9. The van der Waals surface area contributed by atoms with Crippen LogP contribution in [0, 0.1) is 0 Å². The first-order valence-corrected chi connectivity index (χ1v) is 6.53. The van der Waals surface area contributed by atoms with Gasteiger partial charge in [0.2, 0.25) is 0 Å². The van der Waals surface area contributed by atoms with Crippen molar-refractivity contribution in [3.63, 3.8) is 0 Å². The van der Waals surface area contributed by atoms with Crippen LogP contribution in [0.4, 0.5) is 11.6 Å². The molecule has 0 aliphatic heterocycles. The summed E-state index contributed by atoms with van der Waals surface area (Å²) in [5.41, 5.74) is 0. The van der Waals surface area contributed by atoms with E-state index in [1.165, 1.54) is 4.88 Å². The topological polar surface area (TPSA) is 49.8 Å². The van der Waals surface area contributed by atoms with Crippen LogP contribution in [0.3, 0.4) is 0 Å². The van der Waals surface area contributed by atoms with Crippen molar-refractivity contribution in [1.82, 2.24) is 9.97 Å². The second-order valence-electron chi connectivity index (χ2n) is 3.70. The summed E-state index contributed by atoms with van der Waals surface area (Å²) in [4.78, 5) is 9.88. The average Bonchev–Trinajstić information content (AvgIpc) is 2.83. The average molecular weight is 248 g/mol. The van der Waals surface area contributed by atoms with Gasteiger partial charge < -0.3 is 10.6 Å². The standard InChI is InChI=1S/C12H16N4S/c1-3-14-11-7-13-8-12(16-11)15-9(2)10-5-4-6-17-10/h4-9H,3H2,1-2H3,(H2,14,15,16). The minimum atomic E-state index is 0.251. The number of aromatic nitrogens is 2. The second kappa shape index (κ2) is 5.63. The van der Waals surface area contributed by atoms with Crippen LogP contribution in [0.25, 0.3) is 0 Å². The molecule has 0 aliphatic carbocycles. The van der Waals surface area contributed by atoms with Gasteiger partial charge in [-0.3, -0.25) is 4.98 Å². The normalized spacial score (nSPS) is 12.1. The Morgan fingerprint density at radius 2 is 2.18 bits per heavy atom. The van der Waals surface area contributed by atoms with Crippen LogP contribution >= 0.6 is 11.3 Å². The van der Waals surface area contributed by atoms with E-state index < -0.39 is 0 Å². The number of hydrogen-bond donors (Lipinski definition) is 2. The summed E-state index contributed by atoms with van der Waals surface area (Å²) in [6.07, 6.45) is 3.47. The van der Waals surface area contributed by atoms with E-state index in [4.69, 9.17) is 0 Å². The zero-order valence-electron chi connectivity index (χ0n) is 9.97. The van der Waals surface area contributed by atoms with Crippen molar-refractivity contribution in [2.75, 3.05) is 17.2 Å². The molecule has 2 heterocycles. The Bertz CT molecular complexity index is 455. The van der Waals surface area contributed by atoms with Crippen LogP contribution in [0.1, 0.15) is 24.8 Å². The molecule has 0 spiro atoms. The third kappa shape index (κ3) is 3.17. The maximum Gasteiger partial charge on any atom is 0.147 e. The Kier molecular flexibility index (Phi) is 3.93. The number of hydrogen-bond acceptors (Lipinski definition) is 5. The van der Waals surface area contributed by atoms with Crippen LogP contribution in [0.15, 0.2) is 29.9 Å². The van der Waals surface area contributed by atoms with Crippen molar-refractivity contribution in [3.05, 3.63) is 34.8 Å². The van der Waals surface area contributed by atoms with Gasteiger partial charge >= 0.3 is 0 Å². The summed E-state index contributed by atoms with van der Waals surface area (Å²) in [5, 5.41) is 8.56. The molecular weight excluding hydrogens is 232 g/mol. The molecule has 1 atom stereocenters. The minimum Gasteiger partial charge on any atom is -0.369 e. The maximum atomic E-state index is 4.43. The molecule has 90 valence electrons. The Morgan fingerprint density at radius 1 is 1.35 bits per heavy atom. The largest absolute Gasteiger partial charge is 0.369 e. The van der Waals surface area contributed by atoms with E-state index in [1.54, 1.807) is 23.7 Å².